The van der Waals surface area contributed by atoms with E-state index in [1.165, 1.54) is 16.7 Å². The van der Waals surface area contributed by atoms with E-state index >= 15 is 0 Å². The van der Waals surface area contributed by atoms with Crippen molar-refractivity contribution in [1.82, 2.24) is 5.32 Å². The van der Waals surface area contributed by atoms with Crippen molar-refractivity contribution in [1.29, 1.82) is 0 Å². The Morgan fingerprint density at radius 2 is 2.00 bits per heavy atom. The molecule has 1 rings (SSSR count). The Morgan fingerprint density at radius 3 is 2.53 bits per heavy atom. The Labute approximate surface area is 101 Å². The Hall–Kier alpha value is -0.500. The zero-order valence-corrected chi connectivity index (χ0v) is 10.4. The summed E-state index contributed by atoms with van der Waals surface area (Å²) in [5.74, 6) is 0. The molecular weight excluding hydrogens is 229 g/mol. The summed E-state index contributed by atoms with van der Waals surface area (Å²) < 4.78 is 0. The minimum Gasteiger partial charge on any atom is -0.305 e. The molecule has 0 aliphatic heterocycles. The van der Waals surface area contributed by atoms with Crippen molar-refractivity contribution < 1.29 is 0 Å². The van der Waals surface area contributed by atoms with Crippen molar-refractivity contribution >= 4 is 23.2 Å². The van der Waals surface area contributed by atoms with Gasteiger partial charge in [0.05, 0.1) is 0 Å². The number of halogens is 2. The van der Waals surface area contributed by atoms with Gasteiger partial charge in [0.2, 0.25) is 0 Å². The van der Waals surface area contributed by atoms with Gasteiger partial charge in [-0.05, 0) is 19.4 Å². The number of benzene rings is 1. The van der Waals surface area contributed by atoms with Gasteiger partial charge in [-0.15, -0.1) is 0 Å². The zero-order chi connectivity index (χ0) is 11.3. The van der Waals surface area contributed by atoms with Crippen LogP contribution < -0.4 is 5.32 Å². The van der Waals surface area contributed by atoms with E-state index in [1.807, 2.05) is 0 Å². The Balaban J connectivity index is 2.53. The molecule has 0 fully saturated rings. The average Bonchev–Trinajstić information content (AvgIpc) is 2.26. The molecule has 0 saturated heterocycles. The Morgan fingerprint density at radius 1 is 1.40 bits per heavy atom. The molecule has 0 aliphatic rings. The fourth-order valence-electron chi connectivity index (χ4n) is 1.26. The second-order valence-corrected chi connectivity index (χ2v) is 4.27. The standard InChI is InChI=1S/C12H15Cl2N/c1-9-3-5-11(6-4-9)10(2)15-8-12(14)7-13/h3-7,10,15H,8H2,1-2H3. The highest BCUT2D eigenvalue weighted by Gasteiger charge is 2.04. The van der Waals surface area contributed by atoms with Gasteiger partial charge in [-0.3, -0.25) is 0 Å². The third-order valence-electron chi connectivity index (χ3n) is 2.27. The second-order valence-electron chi connectivity index (χ2n) is 3.57. The lowest BCUT2D eigenvalue weighted by atomic mass is 10.1. The average molecular weight is 244 g/mol. The molecule has 0 aliphatic carbocycles. The van der Waals surface area contributed by atoms with E-state index in [-0.39, 0.29) is 6.04 Å². The van der Waals surface area contributed by atoms with E-state index in [0.29, 0.717) is 11.6 Å². The maximum Gasteiger partial charge on any atom is 0.0432 e. The predicted molar refractivity (Wildman–Crippen MR) is 67.4 cm³/mol. The fourth-order valence-corrected chi connectivity index (χ4v) is 1.42. The van der Waals surface area contributed by atoms with Crippen LogP contribution in [0.2, 0.25) is 0 Å². The van der Waals surface area contributed by atoms with Crippen LogP contribution in [0, 0.1) is 6.92 Å². The summed E-state index contributed by atoms with van der Waals surface area (Å²) in [4.78, 5) is 0. The topological polar surface area (TPSA) is 12.0 Å². The van der Waals surface area contributed by atoms with Crippen LogP contribution >= 0.6 is 23.2 Å². The SMILES string of the molecule is Cc1ccc(C(C)NCC(Cl)=CCl)cc1. The highest BCUT2D eigenvalue weighted by molar-refractivity contribution is 6.36. The Kier molecular flexibility index (Phi) is 5.16. The molecule has 1 nitrogen and oxygen atoms in total. The molecule has 0 radical (unpaired) electrons. The van der Waals surface area contributed by atoms with Crippen LogP contribution in [0.25, 0.3) is 0 Å². The number of aryl methyl sites for hydroxylation is 1. The van der Waals surface area contributed by atoms with Crippen molar-refractivity contribution in [2.24, 2.45) is 0 Å². The molecule has 82 valence electrons. The van der Waals surface area contributed by atoms with Crippen molar-refractivity contribution in [2.45, 2.75) is 19.9 Å². The van der Waals surface area contributed by atoms with Crippen LogP contribution in [0.15, 0.2) is 34.8 Å². The van der Waals surface area contributed by atoms with Crippen LogP contribution in [0.4, 0.5) is 0 Å². The summed E-state index contributed by atoms with van der Waals surface area (Å²) in [6, 6.07) is 8.71. The first-order chi connectivity index (χ1) is 7.13. The number of hydrogen-bond donors (Lipinski definition) is 1. The van der Waals surface area contributed by atoms with E-state index in [0.717, 1.165) is 0 Å². The molecule has 1 N–H and O–H groups in total. The quantitative estimate of drug-likeness (QED) is 0.845. The van der Waals surface area contributed by atoms with Crippen LogP contribution in [0.5, 0.6) is 0 Å². The minimum atomic E-state index is 0.274. The highest BCUT2D eigenvalue weighted by atomic mass is 35.5. The molecule has 1 atom stereocenters. The molecule has 0 aromatic heterocycles. The lowest BCUT2D eigenvalue weighted by Gasteiger charge is -2.13. The lowest BCUT2D eigenvalue weighted by molar-refractivity contribution is 0.614. The molecule has 0 amide bonds. The second kappa shape index (κ2) is 6.16. The summed E-state index contributed by atoms with van der Waals surface area (Å²) >= 11 is 11.3. The maximum atomic E-state index is 5.79. The summed E-state index contributed by atoms with van der Waals surface area (Å²) in [6.07, 6.45) is 0. The van der Waals surface area contributed by atoms with Gasteiger partial charge in [0.15, 0.2) is 0 Å². The molecule has 1 aromatic carbocycles. The van der Waals surface area contributed by atoms with Gasteiger partial charge in [-0.2, -0.15) is 0 Å². The summed E-state index contributed by atoms with van der Waals surface area (Å²) in [5.41, 5.74) is 3.90. The molecule has 0 heterocycles. The third kappa shape index (κ3) is 4.25. The van der Waals surface area contributed by atoms with Gasteiger partial charge in [0, 0.05) is 23.2 Å². The smallest absolute Gasteiger partial charge is 0.0432 e. The third-order valence-corrected chi connectivity index (χ3v) is 2.89. The first-order valence-electron chi connectivity index (χ1n) is 4.88. The normalized spacial score (nSPS) is 14.0. The van der Waals surface area contributed by atoms with Gasteiger partial charge in [0.25, 0.3) is 0 Å². The van der Waals surface area contributed by atoms with Gasteiger partial charge >= 0.3 is 0 Å². The lowest BCUT2D eigenvalue weighted by Crippen LogP contribution is -2.19. The number of hydrogen-bond acceptors (Lipinski definition) is 1. The first kappa shape index (κ1) is 12.6. The molecule has 15 heavy (non-hydrogen) atoms. The predicted octanol–water partition coefficient (Wildman–Crippen LogP) is 3.96. The largest absolute Gasteiger partial charge is 0.305 e. The molecule has 0 bridgehead atoms. The van der Waals surface area contributed by atoms with Gasteiger partial charge in [0.1, 0.15) is 0 Å². The molecule has 3 heteroatoms. The van der Waals surface area contributed by atoms with Crippen LogP contribution in [-0.4, -0.2) is 6.54 Å². The van der Waals surface area contributed by atoms with E-state index in [4.69, 9.17) is 23.2 Å². The molecule has 0 spiro atoms. The molecular formula is C12H15Cl2N. The van der Waals surface area contributed by atoms with Crippen molar-refractivity contribution in [3.63, 3.8) is 0 Å². The number of rotatable bonds is 4. The van der Waals surface area contributed by atoms with E-state index < -0.39 is 0 Å². The van der Waals surface area contributed by atoms with Crippen molar-refractivity contribution in [2.75, 3.05) is 6.54 Å². The Bertz CT molecular complexity index is 330. The summed E-state index contributed by atoms with van der Waals surface area (Å²) in [6.45, 7) is 4.78. The summed E-state index contributed by atoms with van der Waals surface area (Å²) in [7, 11) is 0. The summed E-state index contributed by atoms with van der Waals surface area (Å²) in [5, 5.41) is 3.91. The minimum absolute atomic E-state index is 0.274. The van der Waals surface area contributed by atoms with Crippen LogP contribution in [-0.2, 0) is 0 Å². The van der Waals surface area contributed by atoms with Crippen LogP contribution in [0.1, 0.15) is 24.1 Å². The highest BCUT2D eigenvalue weighted by Crippen LogP contribution is 2.13. The van der Waals surface area contributed by atoms with E-state index in [2.05, 4.69) is 43.4 Å². The van der Waals surface area contributed by atoms with Crippen molar-refractivity contribution in [3.8, 4) is 0 Å². The zero-order valence-electron chi connectivity index (χ0n) is 8.93. The molecule has 1 aromatic rings. The van der Waals surface area contributed by atoms with Crippen molar-refractivity contribution in [3.05, 3.63) is 46.0 Å². The number of nitrogens with one attached hydrogen (secondary N) is 1. The van der Waals surface area contributed by atoms with Gasteiger partial charge in [-0.25, -0.2) is 0 Å². The van der Waals surface area contributed by atoms with Gasteiger partial charge in [-0.1, -0.05) is 53.0 Å². The molecule has 0 saturated carbocycles. The molecule has 1 unspecified atom stereocenters. The maximum absolute atomic E-state index is 5.79. The van der Waals surface area contributed by atoms with Crippen LogP contribution in [0.3, 0.4) is 0 Å². The fraction of sp³-hybridized carbons (Fsp3) is 0.333. The monoisotopic (exact) mass is 243 g/mol. The van der Waals surface area contributed by atoms with Gasteiger partial charge < -0.3 is 5.32 Å². The van der Waals surface area contributed by atoms with E-state index in [9.17, 15) is 0 Å². The first-order valence-corrected chi connectivity index (χ1v) is 5.69. The van der Waals surface area contributed by atoms with E-state index in [1.54, 1.807) is 0 Å².